The smallest absolute Gasteiger partial charge is 0.250 e. The molecule has 1 rings (SSSR count). The normalized spacial score (nSPS) is 9.30. The number of carbonyl (C=O) groups excluding carboxylic acids is 1. The SMILES string of the molecule is O=C(CO)Nc1cc[nH]c1. The molecular weight excluding hydrogens is 132 g/mol. The lowest BCUT2D eigenvalue weighted by atomic mass is 10.5. The number of hydrogen-bond acceptors (Lipinski definition) is 2. The molecule has 0 unspecified atom stereocenters. The first-order chi connectivity index (χ1) is 4.83. The molecule has 1 aromatic rings. The van der Waals surface area contributed by atoms with Crippen LogP contribution in [0.25, 0.3) is 0 Å². The molecule has 0 atom stereocenters. The Kier molecular flexibility index (Phi) is 2.07. The Morgan fingerprint density at radius 1 is 1.80 bits per heavy atom. The molecule has 4 heteroatoms. The molecule has 0 aliphatic carbocycles. The minimum absolute atomic E-state index is 0.403. The van der Waals surface area contributed by atoms with E-state index >= 15 is 0 Å². The summed E-state index contributed by atoms with van der Waals surface area (Å²) in [7, 11) is 0. The van der Waals surface area contributed by atoms with Crippen LogP contribution < -0.4 is 5.32 Å². The minimum Gasteiger partial charge on any atom is -0.387 e. The Morgan fingerprint density at radius 3 is 3.10 bits per heavy atom. The van der Waals surface area contributed by atoms with Crippen LogP contribution in [0.3, 0.4) is 0 Å². The van der Waals surface area contributed by atoms with Gasteiger partial charge in [-0.2, -0.15) is 0 Å². The molecular formula is C6H8N2O2. The Balaban J connectivity index is 2.48. The lowest BCUT2D eigenvalue weighted by Crippen LogP contribution is -2.14. The molecule has 4 nitrogen and oxygen atoms in total. The average Bonchev–Trinajstić information content (AvgIpc) is 2.40. The highest BCUT2D eigenvalue weighted by molar-refractivity contribution is 5.91. The van der Waals surface area contributed by atoms with Crippen LogP contribution in [0.15, 0.2) is 18.5 Å². The summed E-state index contributed by atoms with van der Waals surface area (Å²) in [6, 6.07) is 1.70. The third-order valence-electron chi connectivity index (χ3n) is 1.03. The van der Waals surface area contributed by atoms with Crippen molar-refractivity contribution < 1.29 is 9.90 Å². The summed E-state index contributed by atoms with van der Waals surface area (Å²) in [4.78, 5) is 13.3. The third kappa shape index (κ3) is 1.60. The molecule has 1 aromatic heterocycles. The van der Waals surface area contributed by atoms with Crippen LogP contribution in [0, 0.1) is 0 Å². The van der Waals surface area contributed by atoms with E-state index in [0.717, 1.165) is 0 Å². The van der Waals surface area contributed by atoms with Gasteiger partial charge in [-0.1, -0.05) is 0 Å². The highest BCUT2D eigenvalue weighted by Crippen LogP contribution is 2.01. The van der Waals surface area contributed by atoms with E-state index in [1.165, 1.54) is 0 Å². The Bertz CT molecular complexity index is 206. The van der Waals surface area contributed by atoms with E-state index in [2.05, 4.69) is 10.3 Å². The van der Waals surface area contributed by atoms with Gasteiger partial charge in [0.05, 0.1) is 5.69 Å². The molecule has 0 fully saturated rings. The predicted octanol–water partition coefficient (Wildman–Crippen LogP) is -0.0545. The van der Waals surface area contributed by atoms with Crippen LogP contribution in [-0.2, 0) is 4.79 Å². The number of nitrogens with one attached hydrogen (secondary N) is 2. The van der Waals surface area contributed by atoms with E-state index in [1.807, 2.05) is 0 Å². The first kappa shape index (κ1) is 6.82. The van der Waals surface area contributed by atoms with E-state index in [0.29, 0.717) is 5.69 Å². The zero-order chi connectivity index (χ0) is 7.40. The summed E-state index contributed by atoms with van der Waals surface area (Å²) in [6.45, 7) is -0.481. The van der Waals surface area contributed by atoms with Crippen LogP contribution in [0.1, 0.15) is 0 Å². The first-order valence-corrected chi connectivity index (χ1v) is 2.86. The van der Waals surface area contributed by atoms with Crippen molar-refractivity contribution in [3.8, 4) is 0 Å². The number of anilines is 1. The van der Waals surface area contributed by atoms with Gasteiger partial charge in [0.25, 0.3) is 0 Å². The van der Waals surface area contributed by atoms with Crippen LogP contribution >= 0.6 is 0 Å². The van der Waals surface area contributed by atoms with Gasteiger partial charge in [0.2, 0.25) is 5.91 Å². The third-order valence-corrected chi connectivity index (χ3v) is 1.03. The van der Waals surface area contributed by atoms with Crippen molar-refractivity contribution in [2.75, 3.05) is 11.9 Å². The molecule has 1 heterocycles. The van der Waals surface area contributed by atoms with Crippen LogP contribution in [-0.4, -0.2) is 22.6 Å². The Labute approximate surface area is 57.9 Å². The maximum atomic E-state index is 10.5. The number of aliphatic hydroxyl groups excluding tert-OH is 1. The van der Waals surface area contributed by atoms with Gasteiger partial charge < -0.3 is 15.4 Å². The molecule has 54 valence electrons. The number of rotatable bonds is 2. The molecule has 0 aromatic carbocycles. The summed E-state index contributed by atoms with van der Waals surface area (Å²) in [6.07, 6.45) is 3.32. The Morgan fingerprint density at radius 2 is 2.60 bits per heavy atom. The van der Waals surface area contributed by atoms with Gasteiger partial charge in [-0.25, -0.2) is 0 Å². The van der Waals surface area contributed by atoms with Crippen LogP contribution in [0.4, 0.5) is 5.69 Å². The molecule has 0 radical (unpaired) electrons. The molecule has 0 saturated carbocycles. The van der Waals surface area contributed by atoms with Crippen molar-refractivity contribution in [1.82, 2.24) is 4.98 Å². The van der Waals surface area contributed by atoms with Crippen LogP contribution in [0.2, 0.25) is 0 Å². The van der Waals surface area contributed by atoms with E-state index in [4.69, 9.17) is 5.11 Å². The summed E-state index contributed by atoms with van der Waals surface area (Å²) in [5, 5.41) is 10.8. The fraction of sp³-hybridized carbons (Fsp3) is 0.167. The largest absolute Gasteiger partial charge is 0.387 e. The van der Waals surface area contributed by atoms with Gasteiger partial charge in [-0.3, -0.25) is 4.79 Å². The van der Waals surface area contributed by atoms with E-state index in [9.17, 15) is 4.79 Å². The molecule has 0 aliphatic rings. The van der Waals surface area contributed by atoms with Crippen LogP contribution in [0.5, 0.6) is 0 Å². The van der Waals surface area contributed by atoms with E-state index in [1.54, 1.807) is 18.5 Å². The van der Waals surface area contributed by atoms with Crippen molar-refractivity contribution >= 4 is 11.6 Å². The van der Waals surface area contributed by atoms with Crippen molar-refractivity contribution in [2.24, 2.45) is 0 Å². The molecule has 0 aliphatic heterocycles. The number of aromatic nitrogens is 1. The molecule has 10 heavy (non-hydrogen) atoms. The second-order valence-corrected chi connectivity index (χ2v) is 1.81. The molecule has 1 amide bonds. The van der Waals surface area contributed by atoms with Crippen molar-refractivity contribution in [3.05, 3.63) is 18.5 Å². The number of hydrogen-bond donors (Lipinski definition) is 3. The topological polar surface area (TPSA) is 65.1 Å². The number of aromatic amines is 1. The lowest BCUT2D eigenvalue weighted by molar-refractivity contribution is -0.118. The highest BCUT2D eigenvalue weighted by Gasteiger charge is 1.97. The zero-order valence-corrected chi connectivity index (χ0v) is 5.29. The molecule has 3 N–H and O–H groups in total. The van der Waals surface area contributed by atoms with Crippen molar-refractivity contribution in [3.63, 3.8) is 0 Å². The maximum absolute atomic E-state index is 10.5. The van der Waals surface area contributed by atoms with E-state index < -0.39 is 12.5 Å². The lowest BCUT2D eigenvalue weighted by Gasteiger charge is -1.96. The predicted molar refractivity (Wildman–Crippen MR) is 36.5 cm³/mol. The van der Waals surface area contributed by atoms with Gasteiger partial charge in [0.15, 0.2) is 0 Å². The molecule has 0 spiro atoms. The first-order valence-electron chi connectivity index (χ1n) is 2.86. The molecule has 0 saturated heterocycles. The van der Waals surface area contributed by atoms with Gasteiger partial charge in [-0.05, 0) is 6.07 Å². The zero-order valence-electron chi connectivity index (χ0n) is 5.29. The second kappa shape index (κ2) is 3.03. The van der Waals surface area contributed by atoms with Crippen molar-refractivity contribution in [2.45, 2.75) is 0 Å². The summed E-state index contributed by atoms with van der Waals surface area (Å²) >= 11 is 0. The minimum atomic E-state index is -0.481. The van der Waals surface area contributed by atoms with E-state index in [-0.39, 0.29) is 0 Å². The summed E-state index contributed by atoms with van der Waals surface area (Å²) in [5.74, 6) is -0.403. The quantitative estimate of drug-likeness (QED) is 0.539. The van der Waals surface area contributed by atoms with Gasteiger partial charge in [0, 0.05) is 12.4 Å². The fourth-order valence-corrected chi connectivity index (χ4v) is 0.602. The van der Waals surface area contributed by atoms with Gasteiger partial charge in [0.1, 0.15) is 6.61 Å². The number of carbonyl (C=O) groups is 1. The second-order valence-electron chi connectivity index (χ2n) is 1.81. The molecule has 0 bridgehead atoms. The number of amides is 1. The summed E-state index contributed by atoms with van der Waals surface area (Å²) in [5.41, 5.74) is 0.666. The maximum Gasteiger partial charge on any atom is 0.250 e. The fourth-order valence-electron chi connectivity index (χ4n) is 0.602. The highest BCUT2D eigenvalue weighted by atomic mass is 16.3. The Hall–Kier alpha value is -1.29. The van der Waals surface area contributed by atoms with Gasteiger partial charge in [-0.15, -0.1) is 0 Å². The number of aliphatic hydroxyl groups is 1. The number of H-pyrrole nitrogens is 1. The summed E-state index contributed by atoms with van der Waals surface area (Å²) < 4.78 is 0. The monoisotopic (exact) mass is 140 g/mol. The van der Waals surface area contributed by atoms with Gasteiger partial charge >= 0.3 is 0 Å². The van der Waals surface area contributed by atoms with Crippen molar-refractivity contribution in [1.29, 1.82) is 0 Å². The standard InChI is InChI=1S/C6H8N2O2/c9-4-6(10)8-5-1-2-7-3-5/h1-3,7,9H,4H2,(H,8,10). The average molecular weight is 140 g/mol.